The average Bonchev–Trinajstić information content (AvgIpc) is 2.62. The van der Waals surface area contributed by atoms with E-state index < -0.39 is 0 Å². The van der Waals surface area contributed by atoms with Crippen molar-refractivity contribution in [1.82, 2.24) is 9.80 Å². The van der Waals surface area contributed by atoms with E-state index in [0.29, 0.717) is 22.3 Å². The van der Waals surface area contributed by atoms with Gasteiger partial charge in [-0.15, -0.1) is 0 Å². The highest BCUT2D eigenvalue weighted by atomic mass is 35.5. The maximum atomic E-state index is 12.3. The number of aryl methyl sites for hydroxylation is 1. The fourth-order valence-corrected chi connectivity index (χ4v) is 3.47. The minimum absolute atomic E-state index is 0.0680. The van der Waals surface area contributed by atoms with Gasteiger partial charge in [-0.25, -0.2) is 0 Å². The van der Waals surface area contributed by atoms with E-state index in [-0.39, 0.29) is 5.91 Å². The lowest BCUT2D eigenvalue weighted by atomic mass is 10.1. The van der Waals surface area contributed by atoms with E-state index in [9.17, 15) is 4.79 Å². The van der Waals surface area contributed by atoms with Gasteiger partial charge in [-0.1, -0.05) is 53.5 Å². The number of amides is 1. The number of nitrogens with one attached hydrogen (secondary N) is 1. The Kier molecular flexibility index (Phi) is 6.54. The number of anilines is 1. The summed E-state index contributed by atoms with van der Waals surface area (Å²) in [6, 6.07) is 13.7. The first-order chi connectivity index (χ1) is 12.5. The molecule has 2 aromatic rings. The highest BCUT2D eigenvalue weighted by Gasteiger charge is 2.20. The molecule has 0 unspecified atom stereocenters. The van der Waals surface area contributed by atoms with E-state index in [1.807, 2.05) is 0 Å². The standard InChI is InChI=1S/C20H23Cl2N3O/c1-15-5-2-3-6-16(15)13-24-9-11-25(12-10-24)14-19(26)23-18-8-4-7-17(21)20(18)22/h2-8H,9-14H2,1H3,(H,23,26). The molecule has 0 bridgehead atoms. The number of rotatable bonds is 5. The zero-order valence-corrected chi connectivity index (χ0v) is 16.4. The van der Waals surface area contributed by atoms with Crippen molar-refractivity contribution in [3.05, 3.63) is 63.6 Å². The summed E-state index contributed by atoms with van der Waals surface area (Å²) in [4.78, 5) is 16.9. The summed E-state index contributed by atoms with van der Waals surface area (Å²) in [6.45, 7) is 7.15. The Labute approximate surface area is 164 Å². The predicted molar refractivity (Wildman–Crippen MR) is 108 cm³/mol. The van der Waals surface area contributed by atoms with Crippen molar-refractivity contribution in [1.29, 1.82) is 0 Å². The van der Waals surface area contributed by atoms with Gasteiger partial charge < -0.3 is 5.32 Å². The number of hydrogen-bond acceptors (Lipinski definition) is 3. The summed E-state index contributed by atoms with van der Waals surface area (Å²) in [6.07, 6.45) is 0. The first kappa shape index (κ1) is 19.2. The maximum Gasteiger partial charge on any atom is 0.238 e. The SMILES string of the molecule is Cc1ccccc1CN1CCN(CC(=O)Nc2cccc(Cl)c2Cl)CC1. The highest BCUT2D eigenvalue weighted by molar-refractivity contribution is 6.43. The van der Waals surface area contributed by atoms with Gasteiger partial charge in [0.2, 0.25) is 5.91 Å². The van der Waals surface area contributed by atoms with Gasteiger partial charge in [-0.3, -0.25) is 14.6 Å². The molecule has 4 nitrogen and oxygen atoms in total. The number of carbonyl (C=O) groups is 1. The topological polar surface area (TPSA) is 35.6 Å². The van der Waals surface area contributed by atoms with Crippen LogP contribution < -0.4 is 5.32 Å². The zero-order valence-electron chi connectivity index (χ0n) is 14.8. The Bertz CT molecular complexity index is 773. The molecule has 1 fully saturated rings. The summed E-state index contributed by atoms with van der Waals surface area (Å²) in [5.74, 6) is -0.0680. The third-order valence-electron chi connectivity index (χ3n) is 4.71. The van der Waals surface area contributed by atoms with Gasteiger partial charge in [0, 0.05) is 32.7 Å². The quantitative estimate of drug-likeness (QED) is 0.834. The van der Waals surface area contributed by atoms with Crippen LogP contribution in [0.15, 0.2) is 42.5 Å². The minimum Gasteiger partial charge on any atom is -0.324 e. The number of benzene rings is 2. The summed E-state index contributed by atoms with van der Waals surface area (Å²) in [5, 5.41) is 3.67. The fraction of sp³-hybridized carbons (Fsp3) is 0.350. The highest BCUT2D eigenvalue weighted by Crippen LogP contribution is 2.29. The van der Waals surface area contributed by atoms with Crippen molar-refractivity contribution in [2.24, 2.45) is 0 Å². The van der Waals surface area contributed by atoms with Crippen molar-refractivity contribution in [3.63, 3.8) is 0 Å². The molecule has 0 spiro atoms. The number of halogens is 2. The second-order valence-corrected chi connectivity index (χ2v) is 7.41. The summed E-state index contributed by atoms with van der Waals surface area (Å²) >= 11 is 12.1. The first-order valence-electron chi connectivity index (χ1n) is 8.76. The summed E-state index contributed by atoms with van der Waals surface area (Å²) < 4.78 is 0. The van der Waals surface area contributed by atoms with Crippen LogP contribution in [0.2, 0.25) is 10.0 Å². The Morgan fingerprint density at radius 2 is 1.69 bits per heavy atom. The molecule has 0 radical (unpaired) electrons. The van der Waals surface area contributed by atoms with Crippen molar-refractivity contribution in [3.8, 4) is 0 Å². The van der Waals surface area contributed by atoms with Crippen LogP contribution in [0.5, 0.6) is 0 Å². The molecule has 1 N–H and O–H groups in total. The number of piperazine rings is 1. The second kappa shape index (κ2) is 8.87. The molecule has 6 heteroatoms. The number of nitrogens with zero attached hydrogens (tertiary/aromatic N) is 2. The molecule has 1 amide bonds. The van der Waals surface area contributed by atoms with E-state index in [1.165, 1.54) is 11.1 Å². The zero-order chi connectivity index (χ0) is 18.5. The molecule has 1 aliphatic rings. The van der Waals surface area contributed by atoms with Gasteiger partial charge in [-0.2, -0.15) is 0 Å². The Morgan fingerprint density at radius 1 is 1.00 bits per heavy atom. The molecule has 138 valence electrons. The molecule has 1 aliphatic heterocycles. The largest absolute Gasteiger partial charge is 0.324 e. The molecular formula is C20H23Cl2N3O. The molecule has 0 saturated carbocycles. The molecule has 0 aliphatic carbocycles. The Balaban J connectivity index is 1.47. The van der Waals surface area contributed by atoms with Crippen LogP contribution in [0.1, 0.15) is 11.1 Å². The van der Waals surface area contributed by atoms with Crippen LogP contribution in [0.3, 0.4) is 0 Å². The van der Waals surface area contributed by atoms with Crippen molar-refractivity contribution in [2.45, 2.75) is 13.5 Å². The van der Waals surface area contributed by atoms with Crippen LogP contribution in [0.25, 0.3) is 0 Å². The Morgan fingerprint density at radius 3 is 2.42 bits per heavy atom. The van der Waals surface area contributed by atoms with E-state index in [2.05, 4.69) is 46.3 Å². The molecule has 3 rings (SSSR count). The maximum absolute atomic E-state index is 12.3. The van der Waals surface area contributed by atoms with E-state index in [0.717, 1.165) is 32.7 Å². The molecule has 2 aromatic carbocycles. The number of hydrogen-bond donors (Lipinski definition) is 1. The monoisotopic (exact) mass is 391 g/mol. The lowest BCUT2D eigenvalue weighted by Crippen LogP contribution is -2.48. The third-order valence-corrected chi connectivity index (χ3v) is 5.53. The lowest BCUT2D eigenvalue weighted by Gasteiger charge is -2.34. The van der Waals surface area contributed by atoms with Gasteiger partial charge in [0.15, 0.2) is 0 Å². The van der Waals surface area contributed by atoms with Crippen molar-refractivity contribution in [2.75, 3.05) is 38.0 Å². The summed E-state index contributed by atoms with van der Waals surface area (Å²) in [7, 11) is 0. The van der Waals surface area contributed by atoms with E-state index >= 15 is 0 Å². The van der Waals surface area contributed by atoms with Crippen LogP contribution in [0.4, 0.5) is 5.69 Å². The molecule has 1 heterocycles. The van der Waals surface area contributed by atoms with Crippen molar-refractivity contribution >= 4 is 34.8 Å². The number of carbonyl (C=O) groups excluding carboxylic acids is 1. The predicted octanol–water partition coefficient (Wildman–Crippen LogP) is 4.06. The fourth-order valence-electron chi connectivity index (χ4n) is 3.13. The van der Waals surface area contributed by atoms with Crippen LogP contribution >= 0.6 is 23.2 Å². The second-order valence-electron chi connectivity index (χ2n) is 6.63. The molecule has 0 aromatic heterocycles. The minimum atomic E-state index is -0.0680. The van der Waals surface area contributed by atoms with Crippen LogP contribution in [0, 0.1) is 6.92 Å². The smallest absolute Gasteiger partial charge is 0.238 e. The van der Waals surface area contributed by atoms with Gasteiger partial charge in [0.05, 0.1) is 22.3 Å². The van der Waals surface area contributed by atoms with Gasteiger partial charge in [-0.05, 0) is 30.2 Å². The average molecular weight is 392 g/mol. The van der Waals surface area contributed by atoms with Crippen LogP contribution in [-0.4, -0.2) is 48.4 Å². The first-order valence-corrected chi connectivity index (χ1v) is 9.51. The summed E-state index contributed by atoms with van der Waals surface area (Å²) in [5.41, 5.74) is 3.25. The lowest BCUT2D eigenvalue weighted by molar-refractivity contribution is -0.117. The van der Waals surface area contributed by atoms with Gasteiger partial charge >= 0.3 is 0 Å². The van der Waals surface area contributed by atoms with Gasteiger partial charge in [0.1, 0.15) is 0 Å². The molecular weight excluding hydrogens is 369 g/mol. The van der Waals surface area contributed by atoms with Crippen molar-refractivity contribution < 1.29 is 4.79 Å². The van der Waals surface area contributed by atoms with Gasteiger partial charge in [0.25, 0.3) is 0 Å². The Hall–Kier alpha value is -1.59. The van der Waals surface area contributed by atoms with E-state index in [4.69, 9.17) is 23.2 Å². The normalized spacial score (nSPS) is 15.8. The molecule has 1 saturated heterocycles. The van der Waals surface area contributed by atoms with Crippen LogP contribution in [-0.2, 0) is 11.3 Å². The third kappa shape index (κ3) is 4.98. The molecule has 0 atom stereocenters. The molecule has 26 heavy (non-hydrogen) atoms. The van der Waals surface area contributed by atoms with E-state index in [1.54, 1.807) is 18.2 Å².